The van der Waals surface area contributed by atoms with Crippen molar-refractivity contribution in [3.05, 3.63) is 77.0 Å². The Bertz CT molecular complexity index is 1040. The Morgan fingerprint density at radius 2 is 1.72 bits per heavy atom. The molecule has 0 spiro atoms. The Hall–Kier alpha value is -2.86. The van der Waals surface area contributed by atoms with Gasteiger partial charge in [0.1, 0.15) is 11.6 Å². The van der Waals surface area contributed by atoms with Crippen LogP contribution in [0.3, 0.4) is 0 Å². The second-order valence-electron chi connectivity index (χ2n) is 7.51. The van der Waals surface area contributed by atoms with Crippen molar-refractivity contribution in [2.75, 3.05) is 26.2 Å². The summed E-state index contributed by atoms with van der Waals surface area (Å²) in [4.78, 5) is 21.7. The van der Waals surface area contributed by atoms with E-state index in [-0.39, 0.29) is 17.5 Å². The van der Waals surface area contributed by atoms with Gasteiger partial charge in [0.15, 0.2) is 0 Å². The monoisotopic (exact) mass is 395 g/mol. The van der Waals surface area contributed by atoms with Gasteiger partial charge in [-0.05, 0) is 49.2 Å². The first-order valence-electron chi connectivity index (χ1n) is 9.82. The van der Waals surface area contributed by atoms with E-state index in [0.717, 1.165) is 37.0 Å². The number of aromatic nitrogens is 1. The number of nitrogens with zero attached hydrogens (tertiary/aromatic N) is 3. The van der Waals surface area contributed by atoms with E-state index in [2.05, 4.69) is 9.88 Å². The van der Waals surface area contributed by atoms with Crippen LogP contribution in [0.25, 0.3) is 10.9 Å². The molecule has 1 amide bonds. The number of benzene rings is 2. The lowest BCUT2D eigenvalue weighted by Gasteiger charge is -2.23. The summed E-state index contributed by atoms with van der Waals surface area (Å²) in [6.07, 6.45) is 0.873. The number of halogens is 2. The molecule has 4 nitrogen and oxygen atoms in total. The molecule has 0 N–H and O–H groups in total. The third-order valence-corrected chi connectivity index (χ3v) is 5.40. The number of amides is 1. The van der Waals surface area contributed by atoms with Gasteiger partial charge in [-0.25, -0.2) is 8.78 Å². The molecular formula is C23H23F2N3O. The van der Waals surface area contributed by atoms with Crippen LogP contribution in [0.4, 0.5) is 8.78 Å². The first-order valence-corrected chi connectivity index (χ1v) is 9.82. The third-order valence-electron chi connectivity index (χ3n) is 5.40. The maximum atomic E-state index is 13.4. The molecule has 4 rings (SSSR count). The number of rotatable bonds is 3. The molecule has 3 aromatic rings. The topological polar surface area (TPSA) is 36.4 Å². The second-order valence-corrected chi connectivity index (χ2v) is 7.51. The normalized spacial score (nSPS) is 15.5. The van der Waals surface area contributed by atoms with Gasteiger partial charge < -0.3 is 4.90 Å². The van der Waals surface area contributed by atoms with Gasteiger partial charge in [-0.15, -0.1) is 0 Å². The molecule has 6 heteroatoms. The maximum Gasteiger partial charge on any atom is 0.255 e. The zero-order valence-electron chi connectivity index (χ0n) is 16.4. The van der Waals surface area contributed by atoms with Gasteiger partial charge >= 0.3 is 0 Å². The smallest absolute Gasteiger partial charge is 0.255 e. The molecular weight excluding hydrogens is 372 g/mol. The van der Waals surface area contributed by atoms with E-state index in [9.17, 15) is 13.6 Å². The fraction of sp³-hybridized carbons (Fsp3) is 0.304. The van der Waals surface area contributed by atoms with Crippen molar-refractivity contribution in [1.82, 2.24) is 14.8 Å². The van der Waals surface area contributed by atoms with Gasteiger partial charge in [-0.2, -0.15) is 0 Å². The Labute approximate surface area is 168 Å². The summed E-state index contributed by atoms with van der Waals surface area (Å²) in [5.74, 6) is -0.606. The largest absolute Gasteiger partial charge is 0.337 e. The Morgan fingerprint density at radius 1 is 0.966 bits per heavy atom. The van der Waals surface area contributed by atoms with Crippen LogP contribution in [-0.2, 0) is 6.54 Å². The Kier molecular flexibility index (Phi) is 5.53. The molecule has 0 saturated carbocycles. The summed E-state index contributed by atoms with van der Waals surface area (Å²) in [7, 11) is 0. The fourth-order valence-corrected chi connectivity index (χ4v) is 3.80. The lowest BCUT2D eigenvalue weighted by atomic mass is 10.1. The first-order chi connectivity index (χ1) is 14.0. The van der Waals surface area contributed by atoms with Crippen LogP contribution < -0.4 is 0 Å². The quantitative estimate of drug-likeness (QED) is 0.668. The Morgan fingerprint density at radius 3 is 2.52 bits per heavy atom. The summed E-state index contributed by atoms with van der Waals surface area (Å²) in [5.41, 5.74) is 2.80. The van der Waals surface area contributed by atoms with Crippen LogP contribution >= 0.6 is 0 Å². The van der Waals surface area contributed by atoms with Crippen LogP contribution in [0.2, 0.25) is 0 Å². The van der Waals surface area contributed by atoms with E-state index in [1.165, 1.54) is 24.3 Å². The van der Waals surface area contributed by atoms with Crippen molar-refractivity contribution in [3.63, 3.8) is 0 Å². The van der Waals surface area contributed by atoms with Crippen molar-refractivity contribution in [1.29, 1.82) is 0 Å². The number of aryl methyl sites for hydroxylation is 1. The van der Waals surface area contributed by atoms with E-state index in [4.69, 9.17) is 0 Å². The van der Waals surface area contributed by atoms with E-state index in [1.807, 2.05) is 4.90 Å². The standard InChI is InChI=1S/C23H23F2N3O/c1-16-21(13-18-5-8-20(25)14-22(18)26-16)23(29)28-10-2-9-27(11-12-28)15-17-3-6-19(24)7-4-17/h3-8,13-14H,2,9-12,15H2,1H3. The van der Waals surface area contributed by atoms with Crippen molar-refractivity contribution in [3.8, 4) is 0 Å². The van der Waals surface area contributed by atoms with Gasteiger partial charge in [0, 0.05) is 44.2 Å². The molecule has 1 aromatic heterocycles. The molecule has 0 atom stereocenters. The molecule has 2 heterocycles. The summed E-state index contributed by atoms with van der Waals surface area (Å²) in [5, 5.41) is 0.758. The van der Waals surface area contributed by atoms with Gasteiger partial charge in [0.2, 0.25) is 0 Å². The van der Waals surface area contributed by atoms with Crippen molar-refractivity contribution in [2.45, 2.75) is 19.9 Å². The van der Waals surface area contributed by atoms with E-state index >= 15 is 0 Å². The van der Waals surface area contributed by atoms with Crippen LogP contribution in [0.5, 0.6) is 0 Å². The molecule has 1 fully saturated rings. The second kappa shape index (κ2) is 8.25. The van der Waals surface area contributed by atoms with Crippen LogP contribution in [-0.4, -0.2) is 46.9 Å². The van der Waals surface area contributed by atoms with E-state index in [0.29, 0.717) is 29.9 Å². The number of carbonyl (C=O) groups is 1. The van der Waals surface area contributed by atoms with Gasteiger partial charge in [0.05, 0.1) is 16.8 Å². The Balaban J connectivity index is 1.47. The highest BCUT2D eigenvalue weighted by molar-refractivity contribution is 5.98. The molecule has 0 unspecified atom stereocenters. The molecule has 29 heavy (non-hydrogen) atoms. The number of fused-ring (bicyclic) bond motifs is 1. The zero-order valence-corrected chi connectivity index (χ0v) is 16.4. The first kappa shape index (κ1) is 19.5. The van der Waals surface area contributed by atoms with E-state index < -0.39 is 0 Å². The van der Waals surface area contributed by atoms with Crippen molar-refractivity contribution >= 4 is 16.8 Å². The molecule has 0 aliphatic carbocycles. The average molecular weight is 395 g/mol. The summed E-state index contributed by atoms with van der Waals surface area (Å²) in [6, 6.07) is 12.8. The summed E-state index contributed by atoms with van der Waals surface area (Å²) < 4.78 is 26.5. The SMILES string of the molecule is Cc1nc2cc(F)ccc2cc1C(=O)N1CCCN(Cc2ccc(F)cc2)CC1. The molecule has 2 aromatic carbocycles. The van der Waals surface area contributed by atoms with Crippen molar-refractivity contribution < 1.29 is 13.6 Å². The highest BCUT2D eigenvalue weighted by Crippen LogP contribution is 2.20. The highest BCUT2D eigenvalue weighted by Gasteiger charge is 2.22. The van der Waals surface area contributed by atoms with Gasteiger partial charge in [-0.3, -0.25) is 14.7 Å². The minimum atomic E-state index is -0.336. The number of hydrogen-bond donors (Lipinski definition) is 0. The minimum absolute atomic E-state index is 0.0372. The molecule has 0 radical (unpaired) electrons. The average Bonchev–Trinajstić information content (AvgIpc) is 2.94. The van der Waals surface area contributed by atoms with Gasteiger partial charge in [-0.1, -0.05) is 12.1 Å². The van der Waals surface area contributed by atoms with Crippen LogP contribution in [0.15, 0.2) is 48.5 Å². The molecule has 150 valence electrons. The summed E-state index contributed by atoms with van der Waals surface area (Å²) in [6.45, 7) is 5.48. The minimum Gasteiger partial charge on any atom is -0.337 e. The maximum absolute atomic E-state index is 13.4. The fourth-order valence-electron chi connectivity index (χ4n) is 3.80. The predicted octanol–water partition coefficient (Wildman–Crippen LogP) is 4.17. The highest BCUT2D eigenvalue weighted by atomic mass is 19.1. The van der Waals surface area contributed by atoms with Crippen LogP contribution in [0, 0.1) is 18.6 Å². The van der Waals surface area contributed by atoms with Crippen molar-refractivity contribution in [2.24, 2.45) is 0 Å². The lowest BCUT2D eigenvalue weighted by Crippen LogP contribution is -2.35. The number of pyridine rings is 1. The predicted molar refractivity (Wildman–Crippen MR) is 109 cm³/mol. The molecule has 0 bridgehead atoms. The number of hydrogen-bond acceptors (Lipinski definition) is 3. The van der Waals surface area contributed by atoms with E-state index in [1.54, 1.807) is 31.2 Å². The molecule has 1 aliphatic rings. The summed E-state index contributed by atoms with van der Waals surface area (Å²) >= 11 is 0. The molecule has 1 aliphatic heterocycles. The third kappa shape index (κ3) is 4.43. The zero-order chi connectivity index (χ0) is 20.4. The van der Waals surface area contributed by atoms with Crippen LogP contribution in [0.1, 0.15) is 28.0 Å². The van der Waals surface area contributed by atoms with Gasteiger partial charge in [0.25, 0.3) is 5.91 Å². The molecule has 1 saturated heterocycles. The number of carbonyl (C=O) groups excluding carboxylic acids is 1. The lowest BCUT2D eigenvalue weighted by molar-refractivity contribution is 0.0760.